The standard InChI is InChI=1S/C14H9Br2ClF2O/c15-6-8-11(17)2-1-3-13(8)20-7-9-12(18)5-4-10(16)14(9)19/h1-5H,6-7H2. The van der Waals surface area contributed by atoms with Gasteiger partial charge in [-0.1, -0.05) is 33.6 Å². The van der Waals surface area contributed by atoms with Gasteiger partial charge in [-0.3, -0.25) is 0 Å². The van der Waals surface area contributed by atoms with E-state index in [0.29, 0.717) is 16.1 Å². The van der Waals surface area contributed by atoms with E-state index in [-0.39, 0.29) is 16.6 Å². The van der Waals surface area contributed by atoms with Crippen molar-refractivity contribution < 1.29 is 13.5 Å². The number of benzene rings is 2. The average Bonchev–Trinajstić information content (AvgIpc) is 2.43. The van der Waals surface area contributed by atoms with Crippen LogP contribution in [0, 0.1) is 11.6 Å². The van der Waals surface area contributed by atoms with Crippen molar-refractivity contribution in [1.82, 2.24) is 0 Å². The maximum absolute atomic E-state index is 13.8. The molecular weight excluding hydrogens is 417 g/mol. The third kappa shape index (κ3) is 3.32. The summed E-state index contributed by atoms with van der Waals surface area (Å²) in [6, 6.07) is 7.66. The van der Waals surface area contributed by atoms with Gasteiger partial charge in [0, 0.05) is 15.9 Å². The van der Waals surface area contributed by atoms with Crippen LogP contribution in [0.4, 0.5) is 8.78 Å². The molecule has 0 heterocycles. The lowest BCUT2D eigenvalue weighted by Gasteiger charge is -2.12. The van der Waals surface area contributed by atoms with Crippen molar-refractivity contribution in [3.8, 4) is 5.75 Å². The van der Waals surface area contributed by atoms with Crippen LogP contribution < -0.4 is 4.74 Å². The van der Waals surface area contributed by atoms with E-state index in [2.05, 4.69) is 31.9 Å². The summed E-state index contributed by atoms with van der Waals surface area (Å²) in [6.45, 7) is -0.211. The molecule has 0 saturated heterocycles. The van der Waals surface area contributed by atoms with E-state index in [1.54, 1.807) is 18.2 Å². The van der Waals surface area contributed by atoms with Gasteiger partial charge in [-0.2, -0.15) is 0 Å². The van der Waals surface area contributed by atoms with Crippen LogP contribution in [0.15, 0.2) is 34.8 Å². The maximum Gasteiger partial charge on any atom is 0.146 e. The highest BCUT2D eigenvalue weighted by Gasteiger charge is 2.14. The zero-order valence-electron chi connectivity index (χ0n) is 10.1. The van der Waals surface area contributed by atoms with Gasteiger partial charge >= 0.3 is 0 Å². The van der Waals surface area contributed by atoms with Crippen LogP contribution in [0.2, 0.25) is 5.02 Å². The molecule has 6 heteroatoms. The molecule has 0 spiro atoms. The van der Waals surface area contributed by atoms with Crippen LogP contribution in [0.3, 0.4) is 0 Å². The summed E-state index contributed by atoms with van der Waals surface area (Å²) < 4.78 is 33.1. The summed E-state index contributed by atoms with van der Waals surface area (Å²) in [6.07, 6.45) is 0. The Bertz CT molecular complexity index is 635. The smallest absolute Gasteiger partial charge is 0.146 e. The number of halogens is 5. The first-order valence-electron chi connectivity index (χ1n) is 5.63. The molecule has 0 saturated carbocycles. The molecule has 1 nitrogen and oxygen atoms in total. The Morgan fingerprint density at radius 2 is 1.85 bits per heavy atom. The van der Waals surface area contributed by atoms with E-state index in [0.717, 1.165) is 5.56 Å². The Hall–Kier alpha value is -0.650. The number of hydrogen-bond acceptors (Lipinski definition) is 1. The first-order valence-corrected chi connectivity index (χ1v) is 7.92. The molecule has 0 aliphatic heterocycles. The van der Waals surface area contributed by atoms with E-state index in [4.69, 9.17) is 16.3 Å². The summed E-state index contributed by atoms with van der Waals surface area (Å²) in [5, 5.41) is 1.03. The van der Waals surface area contributed by atoms with Gasteiger partial charge in [-0.15, -0.1) is 0 Å². The molecule has 0 N–H and O–H groups in total. The van der Waals surface area contributed by atoms with Crippen molar-refractivity contribution in [1.29, 1.82) is 0 Å². The molecule has 20 heavy (non-hydrogen) atoms. The summed E-state index contributed by atoms with van der Waals surface area (Å²) in [5.74, 6) is -0.811. The Labute approximate surface area is 137 Å². The number of rotatable bonds is 4. The average molecular weight is 426 g/mol. The molecule has 2 aromatic rings. The second kappa shape index (κ2) is 6.87. The predicted octanol–water partition coefficient (Wildman–Crippen LogP) is 5.85. The SMILES string of the molecule is Fc1ccc(Br)c(F)c1COc1cccc(Cl)c1CBr. The van der Waals surface area contributed by atoms with Crippen LogP contribution in [-0.4, -0.2) is 0 Å². The number of hydrogen-bond donors (Lipinski definition) is 0. The van der Waals surface area contributed by atoms with Gasteiger partial charge in [0.05, 0.1) is 10.0 Å². The normalized spacial score (nSPS) is 10.7. The molecule has 0 amide bonds. The van der Waals surface area contributed by atoms with Crippen molar-refractivity contribution in [2.24, 2.45) is 0 Å². The molecule has 2 aromatic carbocycles. The van der Waals surface area contributed by atoms with E-state index >= 15 is 0 Å². The zero-order valence-corrected chi connectivity index (χ0v) is 14.0. The molecule has 0 atom stereocenters. The Kier molecular flexibility index (Phi) is 5.41. The Morgan fingerprint density at radius 1 is 1.10 bits per heavy atom. The summed E-state index contributed by atoms with van der Waals surface area (Å²) >= 11 is 12.4. The lowest BCUT2D eigenvalue weighted by atomic mass is 10.2. The van der Waals surface area contributed by atoms with Crippen LogP contribution in [-0.2, 0) is 11.9 Å². The lowest BCUT2D eigenvalue weighted by Crippen LogP contribution is -2.04. The molecule has 0 aliphatic carbocycles. The zero-order chi connectivity index (χ0) is 14.7. The van der Waals surface area contributed by atoms with E-state index < -0.39 is 11.6 Å². The van der Waals surface area contributed by atoms with Gasteiger partial charge in [0.25, 0.3) is 0 Å². The summed E-state index contributed by atoms with van der Waals surface area (Å²) in [7, 11) is 0. The topological polar surface area (TPSA) is 9.23 Å². The Balaban J connectivity index is 2.26. The van der Waals surface area contributed by atoms with Crippen LogP contribution >= 0.6 is 43.5 Å². The molecule has 0 bridgehead atoms. The molecule has 0 aromatic heterocycles. The maximum atomic E-state index is 13.8. The Morgan fingerprint density at radius 3 is 2.55 bits per heavy atom. The van der Waals surface area contributed by atoms with Gasteiger partial charge in [-0.05, 0) is 40.2 Å². The lowest BCUT2D eigenvalue weighted by molar-refractivity contribution is 0.290. The molecule has 0 unspecified atom stereocenters. The van der Waals surface area contributed by atoms with Gasteiger partial charge in [-0.25, -0.2) is 8.78 Å². The number of ether oxygens (including phenoxy) is 1. The van der Waals surface area contributed by atoms with Crippen molar-refractivity contribution in [2.45, 2.75) is 11.9 Å². The van der Waals surface area contributed by atoms with Crippen molar-refractivity contribution >= 4 is 43.5 Å². The van der Waals surface area contributed by atoms with Crippen molar-refractivity contribution in [3.05, 3.63) is 62.6 Å². The fraction of sp³-hybridized carbons (Fsp3) is 0.143. The van der Waals surface area contributed by atoms with Crippen LogP contribution in [0.25, 0.3) is 0 Å². The number of alkyl halides is 1. The van der Waals surface area contributed by atoms with E-state index in [1.807, 2.05) is 0 Å². The predicted molar refractivity (Wildman–Crippen MR) is 82.5 cm³/mol. The van der Waals surface area contributed by atoms with Gasteiger partial charge in [0.1, 0.15) is 24.0 Å². The third-order valence-corrected chi connectivity index (χ3v) is 4.25. The molecule has 0 radical (unpaired) electrons. The highest BCUT2D eigenvalue weighted by molar-refractivity contribution is 9.10. The molecular formula is C14H9Br2ClF2O. The second-order valence-electron chi connectivity index (χ2n) is 3.96. The van der Waals surface area contributed by atoms with Crippen LogP contribution in [0.5, 0.6) is 5.75 Å². The summed E-state index contributed by atoms with van der Waals surface area (Å²) in [4.78, 5) is 0. The third-order valence-electron chi connectivity index (χ3n) is 2.72. The van der Waals surface area contributed by atoms with Gasteiger partial charge < -0.3 is 4.74 Å². The van der Waals surface area contributed by atoms with E-state index in [1.165, 1.54) is 12.1 Å². The highest BCUT2D eigenvalue weighted by Crippen LogP contribution is 2.30. The highest BCUT2D eigenvalue weighted by atomic mass is 79.9. The fourth-order valence-electron chi connectivity index (χ4n) is 1.66. The molecule has 106 valence electrons. The minimum atomic E-state index is -0.660. The van der Waals surface area contributed by atoms with Crippen LogP contribution in [0.1, 0.15) is 11.1 Å². The van der Waals surface area contributed by atoms with Gasteiger partial charge in [0.15, 0.2) is 0 Å². The first-order chi connectivity index (χ1) is 9.54. The summed E-state index contributed by atoms with van der Waals surface area (Å²) in [5.41, 5.74) is 0.616. The molecule has 2 rings (SSSR count). The molecule has 0 aliphatic rings. The largest absolute Gasteiger partial charge is 0.488 e. The fourth-order valence-corrected chi connectivity index (χ4v) is 3.00. The first kappa shape index (κ1) is 15.7. The minimum absolute atomic E-state index is 0.125. The molecule has 0 fully saturated rings. The quantitative estimate of drug-likeness (QED) is 0.440. The van der Waals surface area contributed by atoms with Crippen molar-refractivity contribution in [2.75, 3.05) is 0 Å². The van der Waals surface area contributed by atoms with Gasteiger partial charge in [0.2, 0.25) is 0 Å². The minimum Gasteiger partial charge on any atom is -0.488 e. The second-order valence-corrected chi connectivity index (χ2v) is 5.78. The van der Waals surface area contributed by atoms with Crippen molar-refractivity contribution in [3.63, 3.8) is 0 Å². The van der Waals surface area contributed by atoms with E-state index in [9.17, 15) is 8.78 Å². The monoisotopic (exact) mass is 424 g/mol.